The third kappa shape index (κ3) is 5.76. The van der Waals surface area contributed by atoms with Crippen LogP contribution >= 0.6 is 35.3 Å². The van der Waals surface area contributed by atoms with Crippen LogP contribution in [0.25, 0.3) is 0 Å². The summed E-state index contributed by atoms with van der Waals surface area (Å²) in [4.78, 5) is 5.66. The summed E-state index contributed by atoms with van der Waals surface area (Å²) in [5, 5.41) is 17.2. The predicted octanol–water partition coefficient (Wildman–Crippen LogP) is 3.94. The molecule has 128 valence electrons. The highest BCUT2D eigenvalue weighted by atomic mass is 127. The Morgan fingerprint density at radius 2 is 2.12 bits per heavy atom. The van der Waals surface area contributed by atoms with Crippen LogP contribution in [0.4, 0.5) is 4.39 Å². The summed E-state index contributed by atoms with van der Waals surface area (Å²) >= 11 is 1.69. The minimum absolute atomic E-state index is 0. The summed E-state index contributed by atoms with van der Waals surface area (Å²) < 4.78 is 13.9. The molecule has 1 aromatic carbocycles. The lowest BCUT2D eigenvalue weighted by Gasteiger charge is -2.11. The van der Waals surface area contributed by atoms with Crippen LogP contribution in [0.3, 0.4) is 0 Å². The van der Waals surface area contributed by atoms with E-state index in [1.54, 1.807) is 23.5 Å². The van der Waals surface area contributed by atoms with Crippen molar-refractivity contribution >= 4 is 41.3 Å². The van der Waals surface area contributed by atoms with E-state index in [-0.39, 0.29) is 30.5 Å². The molecular formula is C17H20FIN4S. The van der Waals surface area contributed by atoms with Crippen molar-refractivity contribution in [2.45, 2.75) is 26.9 Å². The summed E-state index contributed by atoms with van der Waals surface area (Å²) in [7, 11) is 0. The molecule has 2 N–H and O–H groups in total. The van der Waals surface area contributed by atoms with E-state index >= 15 is 0 Å². The van der Waals surface area contributed by atoms with Gasteiger partial charge >= 0.3 is 0 Å². The van der Waals surface area contributed by atoms with Crippen molar-refractivity contribution in [1.82, 2.24) is 10.6 Å². The molecule has 0 bridgehead atoms. The van der Waals surface area contributed by atoms with Crippen LogP contribution < -0.4 is 10.6 Å². The van der Waals surface area contributed by atoms with Gasteiger partial charge in [0.2, 0.25) is 0 Å². The third-order valence-electron chi connectivity index (χ3n) is 3.32. The highest BCUT2D eigenvalue weighted by molar-refractivity contribution is 14.0. The quantitative estimate of drug-likeness (QED) is 0.406. The van der Waals surface area contributed by atoms with E-state index in [0.29, 0.717) is 23.6 Å². The zero-order valence-corrected chi connectivity index (χ0v) is 16.7. The first-order valence-electron chi connectivity index (χ1n) is 7.37. The van der Waals surface area contributed by atoms with E-state index in [9.17, 15) is 4.39 Å². The number of nitrogens with zero attached hydrogens (tertiary/aromatic N) is 2. The van der Waals surface area contributed by atoms with Gasteiger partial charge in [-0.25, -0.2) is 9.38 Å². The van der Waals surface area contributed by atoms with Gasteiger partial charge in [-0.2, -0.15) is 5.26 Å². The molecule has 0 fully saturated rings. The standard InChI is InChI=1S/C17H19FN4S.HI/c1-3-20-17(22-11-16-12(2)6-7-23-16)21-10-14-5-4-13(9-19)8-15(14)18;/h4-8H,3,10-11H2,1-2H3,(H2,20,21,22);1H. The number of hydrogen-bond acceptors (Lipinski definition) is 3. The number of aryl methyl sites for hydroxylation is 1. The number of halogens is 2. The zero-order chi connectivity index (χ0) is 16.7. The fourth-order valence-electron chi connectivity index (χ4n) is 2.00. The molecular weight excluding hydrogens is 438 g/mol. The number of guanidine groups is 1. The summed E-state index contributed by atoms with van der Waals surface area (Å²) in [6, 6.07) is 8.44. The van der Waals surface area contributed by atoms with Gasteiger partial charge in [0.1, 0.15) is 5.82 Å². The molecule has 1 heterocycles. The summed E-state index contributed by atoms with van der Waals surface area (Å²) in [5.41, 5.74) is 2.03. The maximum absolute atomic E-state index is 13.9. The second-order valence-electron chi connectivity index (χ2n) is 4.99. The van der Waals surface area contributed by atoms with Gasteiger partial charge in [-0.1, -0.05) is 6.07 Å². The van der Waals surface area contributed by atoms with Crippen molar-refractivity contribution in [3.05, 3.63) is 57.0 Å². The Morgan fingerprint density at radius 1 is 1.33 bits per heavy atom. The van der Waals surface area contributed by atoms with Crippen molar-refractivity contribution in [2.24, 2.45) is 4.99 Å². The molecule has 0 unspecified atom stereocenters. The molecule has 4 nitrogen and oxygen atoms in total. The van der Waals surface area contributed by atoms with Gasteiger partial charge < -0.3 is 10.6 Å². The normalized spacial score (nSPS) is 10.7. The van der Waals surface area contributed by atoms with Crippen molar-refractivity contribution in [3.63, 3.8) is 0 Å². The summed E-state index contributed by atoms with van der Waals surface area (Å²) in [6.07, 6.45) is 0. The van der Waals surface area contributed by atoms with Crippen LogP contribution in [-0.2, 0) is 13.1 Å². The molecule has 0 amide bonds. The Labute approximate surface area is 162 Å². The Morgan fingerprint density at radius 3 is 2.71 bits per heavy atom. The van der Waals surface area contributed by atoms with Gasteiger partial charge in [0.25, 0.3) is 0 Å². The van der Waals surface area contributed by atoms with Crippen LogP contribution in [0.1, 0.15) is 28.5 Å². The lowest BCUT2D eigenvalue weighted by Crippen LogP contribution is -2.36. The molecule has 2 aromatic rings. The average Bonchev–Trinajstić information content (AvgIpc) is 2.96. The van der Waals surface area contributed by atoms with Gasteiger partial charge in [0, 0.05) is 17.0 Å². The van der Waals surface area contributed by atoms with Crippen molar-refractivity contribution in [1.29, 1.82) is 5.26 Å². The van der Waals surface area contributed by atoms with Gasteiger partial charge in [-0.15, -0.1) is 35.3 Å². The highest BCUT2D eigenvalue weighted by Crippen LogP contribution is 2.15. The number of nitriles is 1. The lowest BCUT2D eigenvalue weighted by atomic mass is 10.1. The van der Waals surface area contributed by atoms with Crippen molar-refractivity contribution in [2.75, 3.05) is 6.54 Å². The van der Waals surface area contributed by atoms with E-state index in [0.717, 1.165) is 6.54 Å². The van der Waals surface area contributed by atoms with Crippen LogP contribution in [-0.4, -0.2) is 12.5 Å². The zero-order valence-electron chi connectivity index (χ0n) is 13.6. The molecule has 24 heavy (non-hydrogen) atoms. The molecule has 0 spiro atoms. The van der Waals surface area contributed by atoms with Crippen LogP contribution in [0, 0.1) is 24.1 Å². The molecule has 0 aliphatic carbocycles. The smallest absolute Gasteiger partial charge is 0.191 e. The Balaban J connectivity index is 0.00000288. The van der Waals surface area contributed by atoms with Gasteiger partial charge in [-0.3, -0.25) is 0 Å². The lowest BCUT2D eigenvalue weighted by molar-refractivity contribution is 0.609. The second kappa shape index (κ2) is 10.3. The number of thiophene rings is 1. The molecule has 7 heteroatoms. The number of aliphatic imine (C=N–C) groups is 1. The molecule has 0 saturated carbocycles. The SMILES string of the molecule is CCNC(=NCc1ccc(C#N)cc1F)NCc1sccc1C.I. The monoisotopic (exact) mass is 458 g/mol. The number of benzene rings is 1. The molecule has 0 atom stereocenters. The number of rotatable bonds is 5. The fourth-order valence-corrected chi connectivity index (χ4v) is 2.85. The minimum atomic E-state index is -0.405. The molecule has 0 saturated heterocycles. The van der Waals surface area contributed by atoms with E-state index in [2.05, 4.69) is 34.0 Å². The molecule has 1 aromatic heterocycles. The Kier molecular flexibility index (Phi) is 8.71. The van der Waals surface area contributed by atoms with E-state index < -0.39 is 5.82 Å². The number of hydrogen-bond donors (Lipinski definition) is 2. The van der Waals surface area contributed by atoms with E-state index in [4.69, 9.17) is 5.26 Å². The van der Waals surface area contributed by atoms with Gasteiger partial charge in [0.15, 0.2) is 5.96 Å². The minimum Gasteiger partial charge on any atom is -0.357 e. The van der Waals surface area contributed by atoms with Gasteiger partial charge in [0.05, 0.1) is 24.7 Å². The first kappa shape index (κ1) is 20.4. The molecule has 0 aliphatic heterocycles. The number of nitrogens with one attached hydrogen (secondary N) is 2. The van der Waals surface area contributed by atoms with Crippen molar-refractivity contribution < 1.29 is 4.39 Å². The van der Waals surface area contributed by atoms with Gasteiger partial charge in [-0.05, 0) is 43.0 Å². The Hall–Kier alpha value is -1.66. The molecule has 0 aliphatic rings. The second-order valence-corrected chi connectivity index (χ2v) is 5.99. The topological polar surface area (TPSA) is 60.2 Å². The molecule has 2 rings (SSSR count). The van der Waals surface area contributed by atoms with Crippen molar-refractivity contribution in [3.8, 4) is 6.07 Å². The average molecular weight is 458 g/mol. The van der Waals surface area contributed by atoms with Crippen LogP contribution in [0.5, 0.6) is 0 Å². The van der Waals surface area contributed by atoms with E-state index in [1.165, 1.54) is 16.5 Å². The van der Waals surface area contributed by atoms with Crippen LogP contribution in [0.15, 0.2) is 34.6 Å². The van der Waals surface area contributed by atoms with Crippen LogP contribution in [0.2, 0.25) is 0 Å². The fraction of sp³-hybridized carbons (Fsp3) is 0.294. The maximum atomic E-state index is 13.9. The Bertz CT molecular complexity index is 736. The largest absolute Gasteiger partial charge is 0.357 e. The first-order chi connectivity index (χ1) is 11.1. The predicted molar refractivity (Wildman–Crippen MR) is 107 cm³/mol. The molecule has 0 radical (unpaired) electrons. The summed E-state index contributed by atoms with van der Waals surface area (Å²) in [5.74, 6) is 0.238. The summed E-state index contributed by atoms with van der Waals surface area (Å²) in [6.45, 7) is 5.69. The first-order valence-corrected chi connectivity index (χ1v) is 8.25. The third-order valence-corrected chi connectivity index (χ3v) is 4.34. The highest BCUT2D eigenvalue weighted by Gasteiger charge is 2.05. The maximum Gasteiger partial charge on any atom is 0.191 e. The van der Waals surface area contributed by atoms with E-state index in [1.807, 2.05) is 13.0 Å².